The van der Waals surface area contributed by atoms with Crippen LogP contribution in [-0.4, -0.2) is 17.3 Å². The smallest absolute Gasteiger partial charge is 0.168 e. The van der Waals surface area contributed by atoms with E-state index in [0.717, 1.165) is 12.1 Å². The lowest BCUT2D eigenvalue weighted by atomic mass is 9.91. The summed E-state index contributed by atoms with van der Waals surface area (Å²) in [7, 11) is 0. The van der Waals surface area contributed by atoms with Gasteiger partial charge in [0.05, 0.1) is 6.04 Å². The van der Waals surface area contributed by atoms with Crippen LogP contribution in [-0.2, 0) is 0 Å². The summed E-state index contributed by atoms with van der Waals surface area (Å²) < 4.78 is 0. The van der Waals surface area contributed by atoms with Gasteiger partial charge in [0.25, 0.3) is 0 Å². The lowest BCUT2D eigenvalue weighted by Crippen LogP contribution is -2.29. The fourth-order valence-electron chi connectivity index (χ4n) is 3.19. The van der Waals surface area contributed by atoms with Gasteiger partial charge in [-0.05, 0) is 23.8 Å². The van der Waals surface area contributed by atoms with Gasteiger partial charge in [-0.15, -0.1) is 0 Å². The molecule has 0 bridgehead atoms. The zero-order valence-electron chi connectivity index (χ0n) is 11.4. The van der Waals surface area contributed by atoms with Crippen LogP contribution in [0.1, 0.15) is 22.0 Å². The highest BCUT2D eigenvalue weighted by molar-refractivity contribution is 5.76. The predicted octanol–water partition coefficient (Wildman–Crippen LogP) is 3.62. The van der Waals surface area contributed by atoms with Crippen LogP contribution in [0.15, 0.2) is 66.8 Å². The second kappa shape index (κ2) is 4.70. The summed E-state index contributed by atoms with van der Waals surface area (Å²) in [5.41, 5.74) is 2.93. The third-order valence-corrected chi connectivity index (χ3v) is 4.08. The van der Waals surface area contributed by atoms with E-state index in [9.17, 15) is 4.79 Å². The summed E-state index contributed by atoms with van der Waals surface area (Å²) in [5, 5.41) is 0. The van der Waals surface area contributed by atoms with Crippen LogP contribution < -0.4 is 4.90 Å². The second-order valence-corrected chi connectivity index (χ2v) is 5.25. The third-order valence-electron chi connectivity index (χ3n) is 4.08. The maximum Gasteiger partial charge on any atom is 0.168 e. The zero-order chi connectivity index (χ0) is 14.2. The highest BCUT2D eigenvalue weighted by atomic mass is 16.1. The van der Waals surface area contributed by atoms with Crippen molar-refractivity contribution in [2.45, 2.75) is 12.0 Å². The highest BCUT2D eigenvalue weighted by Gasteiger charge is 2.37. The summed E-state index contributed by atoms with van der Waals surface area (Å²) in [6.07, 6.45) is 9.38. The quantitative estimate of drug-likeness (QED) is 0.784. The molecule has 0 saturated heterocycles. The molecule has 0 amide bonds. The maximum absolute atomic E-state index is 11.0. The largest absolute Gasteiger partial charge is 0.318 e. The van der Waals surface area contributed by atoms with Crippen molar-refractivity contribution in [3.05, 3.63) is 78.0 Å². The molecule has 3 heteroatoms. The van der Waals surface area contributed by atoms with Gasteiger partial charge in [0.1, 0.15) is 11.5 Å². The lowest BCUT2D eigenvalue weighted by Gasteiger charge is -2.27. The monoisotopic (exact) mass is 274 g/mol. The van der Waals surface area contributed by atoms with Crippen molar-refractivity contribution >= 4 is 17.8 Å². The first-order valence-electron chi connectivity index (χ1n) is 7.04. The first kappa shape index (κ1) is 12.1. The Bertz CT molecular complexity index is 763. The molecule has 0 saturated carbocycles. The molecule has 2 unspecified atom stereocenters. The fraction of sp³-hybridized carbons (Fsp3) is 0.111. The average molecular weight is 274 g/mol. The minimum atomic E-state index is 0.224. The third kappa shape index (κ3) is 1.82. The first-order chi connectivity index (χ1) is 10.4. The number of pyridine rings is 1. The van der Waals surface area contributed by atoms with Gasteiger partial charge in [-0.25, -0.2) is 4.98 Å². The standard InChI is InChI=1S/C18H14N2O/c21-12-13-6-5-11-18(19-13)20-16-9-3-1-7-14(16)15-8-2-4-10-17(15)20/h1-12,14,16H. The Morgan fingerprint density at radius 2 is 1.86 bits per heavy atom. The van der Waals surface area contributed by atoms with Crippen molar-refractivity contribution in [1.82, 2.24) is 4.98 Å². The second-order valence-electron chi connectivity index (χ2n) is 5.25. The Morgan fingerprint density at radius 1 is 1.00 bits per heavy atom. The molecule has 0 radical (unpaired) electrons. The number of nitrogens with zero attached hydrogens (tertiary/aromatic N) is 2. The normalized spacial score (nSPS) is 22.0. The first-order valence-corrected chi connectivity index (χ1v) is 7.04. The average Bonchev–Trinajstić information content (AvgIpc) is 2.89. The van der Waals surface area contributed by atoms with E-state index in [1.807, 2.05) is 18.2 Å². The van der Waals surface area contributed by atoms with Gasteiger partial charge in [-0.1, -0.05) is 48.6 Å². The number of aromatic nitrogens is 1. The molecule has 1 aliphatic heterocycles. The molecule has 2 atom stereocenters. The van der Waals surface area contributed by atoms with Crippen molar-refractivity contribution in [3.8, 4) is 0 Å². The van der Waals surface area contributed by atoms with Crippen molar-refractivity contribution in [2.75, 3.05) is 4.90 Å². The number of fused-ring (bicyclic) bond motifs is 3. The number of carbonyl (C=O) groups excluding carboxylic acids is 1. The van der Waals surface area contributed by atoms with E-state index in [0.29, 0.717) is 11.6 Å². The highest BCUT2D eigenvalue weighted by Crippen LogP contribution is 2.46. The molecule has 1 aliphatic carbocycles. The number of benzene rings is 1. The van der Waals surface area contributed by atoms with Gasteiger partial charge in [0, 0.05) is 11.6 Å². The van der Waals surface area contributed by atoms with Gasteiger partial charge in [-0.3, -0.25) is 4.79 Å². The molecule has 21 heavy (non-hydrogen) atoms. The van der Waals surface area contributed by atoms with E-state index in [2.05, 4.69) is 52.4 Å². The summed E-state index contributed by atoms with van der Waals surface area (Å²) in [4.78, 5) is 17.7. The summed E-state index contributed by atoms with van der Waals surface area (Å²) in [6.45, 7) is 0. The predicted molar refractivity (Wildman–Crippen MR) is 83.0 cm³/mol. The number of rotatable bonds is 2. The molecular weight excluding hydrogens is 260 g/mol. The SMILES string of the molecule is O=Cc1cccc(N2c3ccccc3C3C=CC=CC32)n1. The number of allylic oxidation sites excluding steroid dienone is 2. The molecule has 2 heterocycles. The van der Waals surface area contributed by atoms with Crippen LogP contribution in [0, 0.1) is 0 Å². The van der Waals surface area contributed by atoms with Crippen LogP contribution in [0.2, 0.25) is 0 Å². The van der Waals surface area contributed by atoms with E-state index in [4.69, 9.17) is 0 Å². The Morgan fingerprint density at radius 3 is 2.76 bits per heavy atom. The molecule has 3 nitrogen and oxygen atoms in total. The van der Waals surface area contributed by atoms with Crippen molar-refractivity contribution in [1.29, 1.82) is 0 Å². The van der Waals surface area contributed by atoms with Crippen LogP contribution >= 0.6 is 0 Å². The molecule has 0 fully saturated rings. The van der Waals surface area contributed by atoms with Crippen LogP contribution in [0.5, 0.6) is 0 Å². The number of anilines is 2. The number of aldehydes is 1. The number of para-hydroxylation sites is 1. The van der Waals surface area contributed by atoms with Crippen LogP contribution in [0.4, 0.5) is 11.5 Å². The van der Waals surface area contributed by atoms with Crippen LogP contribution in [0.3, 0.4) is 0 Å². The lowest BCUT2D eigenvalue weighted by molar-refractivity contribution is 0.111. The van der Waals surface area contributed by atoms with Crippen molar-refractivity contribution in [3.63, 3.8) is 0 Å². The fourth-order valence-corrected chi connectivity index (χ4v) is 3.19. The zero-order valence-corrected chi connectivity index (χ0v) is 11.4. The summed E-state index contributed by atoms with van der Waals surface area (Å²) in [5.74, 6) is 1.16. The van der Waals surface area contributed by atoms with E-state index in [1.165, 1.54) is 11.3 Å². The summed E-state index contributed by atoms with van der Waals surface area (Å²) >= 11 is 0. The van der Waals surface area contributed by atoms with E-state index in [1.54, 1.807) is 6.07 Å². The number of hydrogen-bond donors (Lipinski definition) is 0. The molecule has 0 N–H and O–H groups in total. The van der Waals surface area contributed by atoms with Crippen molar-refractivity contribution < 1.29 is 4.79 Å². The molecule has 1 aromatic carbocycles. The van der Waals surface area contributed by atoms with Gasteiger partial charge < -0.3 is 4.90 Å². The topological polar surface area (TPSA) is 33.2 Å². The molecular formula is C18H14N2O. The van der Waals surface area contributed by atoms with E-state index in [-0.39, 0.29) is 6.04 Å². The number of carbonyl (C=O) groups is 1. The van der Waals surface area contributed by atoms with Gasteiger partial charge in [0.15, 0.2) is 6.29 Å². The molecule has 102 valence electrons. The Hall–Kier alpha value is -2.68. The molecule has 4 rings (SSSR count). The summed E-state index contributed by atoms with van der Waals surface area (Å²) in [6, 6.07) is 14.2. The molecule has 1 aromatic heterocycles. The van der Waals surface area contributed by atoms with Crippen LogP contribution in [0.25, 0.3) is 0 Å². The van der Waals surface area contributed by atoms with Gasteiger partial charge in [-0.2, -0.15) is 0 Å². The van der Waals surface area contributed by atoms with E-state index >= 15 is 0 Å². The van der Waals surface area contributed by atoms with E-state index < -0.39 is 0 Å². The van der Waals surface area contributed by atoms with Crippen molar-refractivity contribution in [2.24, 2.45) is 0 Å². The van der Waals surface area contributed by atoms with Gasteiger partial charge >= 0.3 is 0 Å². The Kier molecular flexibility index (Phi) is 2.71. The number of hydrogen-bond acceptors (Lipinski definition) is 3. The minimum Gasteiger partial charge on any atom is -0.318 e. The molecule has 2 aliphatic rings. The Balaban J connectivity index is 1.89. The molecule has 2 aromatic rings. The minimum absolute atomic E-state index is 0.224. The Labute approximate surface area is 123 Å². The molecule has 0 spiro atoms. The van der Waals surface area contributed by atoms with Gasteiger partial charge in [0.2, 0.25) is 0 Å². The maximum atomic E-state index is 11.0.